The molecule has 0 bridgehead atoms. The molecule has 0 amide bonds. The lowest BCUT2D eigenvalue weighted by atomic mass is 10.1. The van der Waals surface area contributed by atoms with Crippen LogP contribution < -0.4 is 0 Å². The zero-order valence-corrected chi connectivity index (χ0v) is 23.7. The maximum atomic E-state index is 11.7. The molecule has 0 saturated heterocycles. The summed E-state index contributed by atoms with van der Waals surface area (Å²) in [5.74, 6) is -0.0993. The summed E-state index contributed by atoms with van der Waals surface area (Å²) < 4.78 is 23.2. The van der Waals surface area contributed by atoms with E-state index < -0.39 is 19.8 Å². The summed E-state index contributed by atoms with van der Waals surface area (Å²) in [6.07, 6.45) is 18.5. The van der Waals surface area contributed by atoms with Gasteiger partial charge in [0, 0.05) is 5.25 Å². The maximum Gasteiger partial charge on any atom is 0.390 e. The predicted octanol–water partition coefficient (Wildman–Crippen LogP) is 8.23. The van der Waals surface area contributed by atoms with E-state index in [1.54, 1.807) is 0 Å². The minimum atomic E-state index is -1.75. The largest absolute Gasteiger partial charge is 0.476 e. The summed E-state index contributed by atoms with van der Waals surface area (Å²) >= 11 is 1.95. The average molecular weight is 508 g/mol. The quantitative estimate of drug-likeness (QED) is 0.0991. The number of hydrogen-bond donors (Lipinski definition) is 1. The first-order chi connectivity index (χ1) is 16.0. The zero-order chi connectivity index (χ0) is 24.8. The lowest BCUT2D eigenvalue weighted by Gasteiger charge is -2.26. The Bertz CT molecular complexity index is 480. The molecule has 5 nitrogen and oxygen atoms in total. The van der Waals surface area contributed by atoms with E-state index in [1.807, 2.05) is 25.6 Å². The molecule has 0 aromatic heterocycles. The maximum absolute atomic E-state index is 11.7. The number of carbonyl (C=O) groups is 1. The first kappa shape index (κ1) is 32.8. The van der Waals surface area contributed by atoms with Gasteiger partial charge in [-0.2, -0.15) is 11.8 Å². The molecule has 0 aliphatic carbocycles. The lowest BCUT2D eigenvalue weighted by Crippen LogP contribution is -2.43. The van der Waals surface area contributed by atoms with E-state index in [-0.39, 0.29) is 19.3 Å². The highest BCUT2D eigenvalue weighted by molar-refractivity contribution is 7.99. The Hall–Kier alpha value is -0.160. The number of unbranched alkanes of at least 4 members (excludes halogenated alkanes) is 11. The highest BCUT2D eigenvalue weighted by Crippen LogP contribution is 2.30. The fraction of sp³-hybridized carbons (Fsp3) is 0.962. The van der Waals surface area contributed by atoms with Crippen LogP contribution in [0.2, 0.25) is 0 Å². The summed E-state index contributed by atoms with van der Waals surface area (Å²) in [6.45, 7) is 8.46. The SMILES string of the molecule is CCCCCCCCCCCCSC(CCCCC)C(C)OCC(OCCC)([PH+]=O)C(=O)O. The van der Waals surface area contributed by atoms with Crippen molar-refractivity contribution in [2.45, 2.75) is 141 Å². The van der Waals surface area contributed by atoms with E-state index in [4.69, 9.17) is 9.47 Å². The molecule has 1 N–H and O–H groups in total. The Morgan fingerprint density at radius 2 is 1.42 bits per heavy atom. The second kappa shape index (κ2) is 22.3. The monoisotopic (exact) mass is 507 g/mol. The van der Waals surface area contributed by atoms with Gasteiger partial charge in [-0.1, -0.05) is 102 Å². The summed E-state index contributed by atoms with van der Waals surface area (Å²) in [4.78, 5) is 11.7. The average Bonchev–Trinajstić information content (AvgIpc) is 2.81. The number of aliphatic carboxylic acids is 1. The Kier molecular flexibility index (Phi) is 22.2. The Morgan fingerprint density at radius 3 is 1.94 bits per heavy atom. The topological polar surface area (TPSA) is 72.8 Å². The highest BCUT2D eigenvalue weighted by Gasteiger charge is 2.50. The van der Waals surface area contributed by atoms with Gasteiger partial charge in [0.15, 0.2) is 0 Å². The minimum Gasteiger partial charge on any atom is -0.476 e. The van der Waals surface area contributed by atoms with Crippen LogP contribution in [-0.4, -0.2) is 46.7 Å². The van der Waals surface area contributed by atoms with E-state index in [0.717, 1.165) is 18.6 Å². The van der Waals surface area contributed by atoms with Gasteiger partial charge in [-0.05, 0) is 31.9 Å². The third-order valence-corrected chi connectivity index (χ3v) is 8.46. The van der Waals surface area contributed by atoms with E-state index in [9.17, 15) is 14.5 Å². The van der Waals surface area contributed by atoms with Crippen LogP contribution >= 0.6 is 20.2 Å². The molecule has 0 aliphatic rings. The number of carboxylic acid groups (broad SMARTS) is 1. The van der Waals surface area contributed by atoms with Crippen LogP contribution in [0.3, 0.4) is 0 Å². The molecule has 7 heteroatoms. The van der Waals surface area contributed by atoms with E-state index >= 15 is 0 Å². The lowest BCUT2D eigenvalue weighted by molar-refractivity contribution is -0.162. The van der Waals surface area contributed by atoms with Crippen molar-refractivity contribution in [3.63, 3.8) is 0 Å². The second-order valence-corrected chi connectivity index (χ2v) is 11.5. The number of rotatable bonds is 25. The van der Waals surface area contributed by atoms with Gasteiger partial charge in [0.1, 0.15) is 6.61 Å². The third kappa shape index (κ3) is 16.2. The Labute approximate surface area is 209 Å². The van der Waals surface area contributed by atoms with E-state index in [2.05, 4.69) is 13.8 Å². The number of thioether (sulfide) groups is 1. The molecular weight excluding hydrogens is 455 g/mol. The van der Waals surface area contributed by atoms with Gasteiger partial charge < -0.3 is 14.6 Å². The summed E-state index contributed by atoms with van der Waals surface area (Å²) in [7, 11) is -1.10. The molecular formula is C26H52O5PS+. The molecule has 4 unspecified atom stereocenters. The Morgan fingerprint density at radius 1 is 0.879 bits per heavy atom. The molecule has 0 aromatic rings. The predicted molar refractivity (Wildman–Crippen MR) is 143 cm³/mol. The summed E-state index contributed by atoms with van der Waals surface area (Å²) in [5.41, 5.74) is 0. The van der Waals surface area contributed by atoms with Gasteiger partial charge in [0.2, 0.25) is 0 Å². The molecule has 0 spiro atoms. The molecule has 0 aliphatic heterocycles. The van der Waals surface area contributed by atoms with Crippen molar-refractivity contribution in [3.8, 4) is 0 Å². The molecule has 0 aromatic carbocycles. The molecule has 4 atom stereocenters. The molecule has 0 saturated carbocycles. The Balaban J connectivity index is 4.41. The summed E-state index contributed by atoms with van der Waals surface area (Å²) in [5, 5.41) is 8.16. The molecule has 33 heavy (non-hydrogen) atoms. The molecule has 0 rings (SSSR count). The van der Waals surface area contributed by atoms with Crippen LogP contribution in [0.25, 0.3) is 0 Å². The van der Waals surface area contributed by atoms with Gasteiger partial charge in [0.05, 0.1) is 12.7 Å². The van der Waals surface area contributed by atoms with Gasteiger partial charge in [-0.25, -0.2) is 4.79 Å². The standard InChI is InChI=1S/C26H51O5PS/c1-5-8-10-11-12-13-14-15-16-18-21-33-24(19-17-9-6-2)23(4)30-22-26(32-29,25(27)28)31-20-7-3/h23-24H,5-22H2,1-4H3,(H,27,28)/p+1. The molecule has 0 radical (unpaired) electrons. The normalized spacial score (nSPS) is 15.4. The van der Waals surface area contributed by atoms with Crippen molar-refractivity contribution in [2.75, 3.05) is 19.0 Å². The molecule has 0 heterocycles. The van der Waals surface area contributed by atoms with Crippen LogP contribution in [0.15, 0.2) is 0 Å². The number of hydrogen-bond acceptors (Lipinski definition) is 5. The van der Waals surface area contributed by atoms with Crippen molar-refractivity contribution >= 4 is 26.2 Å². The van der Waals surface area contributed by atoms with Crippen molar-refractivity contribution < 1.29 is 23.9 Å². The number of ether oxygens (including phenoxy) is 2. The van der Waals surface area contributed by atoms with E-state index in [1.165, 1.54) is 77.0 Å². The molecule has 196 valence electrons. The van der Waals surface area contributed by atoms with Crippen LogP contribution in [0.4, 0.5) is 0 Å². The van der Waals surface area contributed by atoms with Gasteiger partial charge in [-0.3, -0.25) is 0 Å². The second-order valence-electron chi connectivity index (χ2n) is 9.19. The third-order valence-electron chi connectivity index (χ3n) is 6.06. The highest BCUT2D eigenvalue weighted by atomic mass is 32.2. The van der Waals surface area contributed by atoms with Crippen LogP contribution in [-0.2, 0) is 18.8 Å². The summed E-state index contributed by atoms with van der Waals surface area (Å²) in [6, 6.07) is 0. The fourth-order valence-electron chi connectivity index (χ4n) is 3.77. The fourth-order valence-corrected chi connectivity index (χ4v) is 5.52. The van der Waals surface area contributed by atoms with E-state index in [0.29, 0.717) is 11.7 Å². The minimum absolute atomic E-state index is 0.102. The van der Waals surface area contributed by atoms with Crippen molar-refractivity contribution in [1.29, 1.82) is 0 Å². The van der Waals surface area contributed by atoms with Gasteiger partial charge in [0.25, 0.3) is 0 Å². The molecule has 0 fully saturated rings. The number of carboxylic acids is 1. The van der Waals surface area contributed by atoms with Crippen molar-refractivity contribution in [2.24, 2.45) is 0 Å². The van der Waals surface area contributed by atoms with Crippen LogP contribution in [0, 0.1) is 0 Å². The van der Waals surface area contributed by atoms with Crippen molar-refractivity contribution in [3.05, 3.63) is 0 Å². The first-order valence-corrected chi connectivity index (χ1v) is 15.4. The van der Waals surface area contributed by atoms with Gasteiger partial charge in [-0.15, -0.1) is 0 Å². The van der Waals surface area contributed by atoms with Crippen LogP contribution in [0.1, 0.15) is 124 Å². The smallest absolute Gasteiger partial charge is 0.390 e. The zero-order valence-electron chi connectivity index (χ0n) is 21.9. The van der Waals surface area contributed by atoms with Crippen LogP contribution in [0.5, 0.6) is 0 Å². The van der Waals surface area contributed by atoms with Crippen molar-refractivity contribution in [1.82, 2.24) is 0 Å². The first-order valence-electron chi connectivity index (χ1n) is 13.5. The van der Waals surface area contributed by atoms with Gasteiger partial charge >= 0.3 is 19.8 Å².